The first kappa shape index (κ1) is 14.3. The van der Waals surface area contributed by atoms with E-state index in [1.165, 1.54) is 0 Å². The maximum atomic E-state index is 12.7. The molecule has 1 heterocycles. The van der Waals surface area contributed by atoms with E-state index in [1.807, 2.05) is 24.3 Å². The normalized spacial score (nSPS) is 12.9. The van der Waals surface area contributed by atoms with Crippen LogP contribution >= 0.6 is 47.8 Å². The summed E-state index contributed by atoms with van der Waals surface area (Å²) in [6.45, 7) is 0.633. The summed E-state index contributed by atoms with van der Waals surface area (Å²) in [6, 6.07) is 9.36. The summed E-state index contributed by atoms with van der Waals surface area (Å²) in [4.78, 5) is 12.7. The zero-order valence-corrected chi connectivity index (χ0v) is 15.0. The van der Waals surface area contributed by atoms with Gasteiger partial charge in [-0.3, -0.25) is 4.79 Å². The van der Waals surface area contributed by atoms with E-state index in [0.29, 0.717) is 23.5 Å². The van der Waals surface area contributed by atoms with Gasteiger partial charge < -0.3 is 4.74 Å². The molecule has 102 valence electrons. The Morgan fingerprint density at radius 3 is 2.55 bits per heavy atom. The molecule has 0 aliphatic carbocycles. The first-order chi connectivity index (χ1) is 9.56. The number of hydrogen-bond donors (Lipinski definition) is 0. The molecule has 20 heavy (non-hydrogen) atoms. The van der Waals surface area contributed by atoms with Crippen molar-refractivity contribution in [3.05, 3.63) is 60.4 Å². The lowest BCUT2D eigenvalue weighted by molar-refractivity contribution is 0.103. The number of hydrogen-bond acceptors (Lipinski definition) is 2. The van der Waals surface area contributed by atoms with E-state index < -0.39 is 0 Å². The summed E-state index contributed by atoms with van der Waals surface area (Å²) < 4.78 is 8.22. The quantitative estimate of drug-likeness (QED) is 0.580. The van der Waals surface area contributed by atoms with Gasteiger partial charge in [-0.05, 0) is 51.8 Å². The molecule has 2 aromatic rings. The van der Waals surface area contributed by atoms with Gasteiger partial charge in [-0.25, -0.2) is 0 Å². The molecule has 0 amide bonds. The van der Waals surface area contributed by atoms with Crippen LogP contribution in [0.2, 0.25) is 0 Å². The Morgan fingerprint density at radius 2 is 1.80 bits per heavy atom. The molecule has 3 rings (SSSR count). The Bertz CT molecular complexity index is 711. The molecule has 0 radical (unpaired) electrons. The maximum absolute atomic E-state index is 12.7. The van der Waals surface area contributed by atoms with Gasteiger partial charge in [0.25, 0.3) is 0 Å². The number of carbonyl (C=O) groups is 1. The molecule has 5 heteroatoms. The summed E-state index contributed by atoms with van der Waals surface area (Å²) in [5.41, 5.74) is 2.31. The van der Waals surface area contributed by atoms with Crippen LogP contribution in [0.3, 0.4) is 0 Å². The number of carbonyl (C=O) groups excluding carboxylic acids is 1. The molecule has 0 unspecified atom stereocenters. The molecule has 0 saturated heterocycles. The highest BCUT2D eigenvalue weighted by Gasteiger charge is 2.23. The first-order valence-electron chi connectivity index (χ1n) is 6.01. The van der Waals surface area contributed by atoms with Crippen molar-refractivity contribution in [3.8, 4) is 5.75 Å². The Morgan fingerprint density at radius 1 is 1.00 bits per heavy atom. The number of benzene rings is 2. The zero-order valence-electron chi connectivity index (χ0n) is 10.3. The average Bonchev–Trinajstić information content (AvgIpc) is 2.85. The molecule has 0 N–H and O–H groups in total. The highest BCUT2D eigenvalue weighted by atomic mass is 79.9. The van der Waals surface area contributed by atoms with Crippen LogP contribution in [0, 0.1) is 0 Å². The smallest absolute Gasteiger partial charge is 0.197 e. The second-order valence-corrected chi connectivity index (χ2v) is 7.18. The van der Waals surface area contributed by atoms with Gasteiger partial charge >= 0.3 is 0 Å². The zero-order chi connectivity index (χ0) is 14.3. The molecule has 0 aromatic heterocycles. The van der Waals surface area contributed by atoms with Crippen molar-refractivity contribution >= 4 is 53.6 Å². The largest absolute Gasteiger partial charge is 0.492 e. The van der Waals surface area contributed by atoms with Crippen molar-refractivity contribution in [3.63, 3.8) is 0 Å². The third-order valence-electron chi connectivity index (χ3n) is 3.17. The first-order valence-corrected chi connectivity index (χ1v) is 8.39. The van der Waals surface area contributed by atoms with Crippen molar-refractivity contribution in [2.24, 2.45) is 0 Å². The lowest BCUT2D eigenvalue weighted by atomic mass is 10.00. The summed E-state index contributed by atoms with van der Waals surface area (Å²) >= 11 is 10.3. The molecule has 0 saturated carbocycles. The Balaban J connectivity index is 2.11. The molecule has 0 fully saturated rings. The third kappa shape index (κ3) is 2.59. The highest BCUT2D eigenvalue weighted by Crippen LogP contribution is 2.35. The number of rotatable bonds is 2. The van der Waals surface area contributed by atoms with E-state index >= 15 is 0 Å². The molecule has 1 aliphatic rings. The van der Waals surface area contributed by atoms with Gasteiger partial charge in [0.05, 0.1) is 12.2 Å². The van der Waals surface area contributed by atoms with Gasteiger partial charge in [0.2, 0.25) is 0 Å². The molecule has 1 aliphatic heterocycles. The fourth-order valence-electron chi connectivity index (χ4n) is 2.26. The van der Waals surface area contributed by atoms with Gasteiger partial charge in [0.1, 0.15) is 5.75 Å². The number of ether oxygens (including phenoxy) is 1. The Hall–Kier alpha value is -0.650. The van der Waals surface area contributed by atoms with Crippen LogP contribution in [0.4, 0.5) is 0 Å². The van der Waals surface area contributed by atoms with Crippen molar-refractivity contribution in [1.29, 1.82) is 0 Å². The molecular formula is C15H9Br3O2. The summed E-state index contributed by atoms with van der Waals surface area (Å²) in [5, 5.41) is 0. The van der Waals surface area contributed by atoms with E-state index in [0.717, 1.165) is 25.4 Å². The van der Waals surface area contributed by atoms with Crippen molar-refractivity contribution < 1.29 is 9.53 Å². The van der Waals surface area contributed by atoms with E-state index in [1.54, 1.807) is 6.07 Å². The van der Waals surface area contributed by atoms with Crippen LogP contribution in [0.15, 0.2) is 43.7 Å². The van der Waals surface area contributed by atoms with Crippen LogP contribution in [0.5, 0.6) is 5.75 Å². The Kier molecular flexibility index (Phi) is 4.02. The summed E-state index contributed by atoms with van der Waals surface area (Å²) in [6.07, 6.45) is 0.844. The van der Waals surface area contributed by atoms with E-state index in [4.69, 9.17) is 4.74 Å². The second kappa shape index (κ2) is 5.62. The molecule has 2 nitrogen and oxygen atoms in total. The Labute approximate surface area is 141 Å². The predicted octanol–water partition coefficient (Wildman–Crippen LogP) is 5.14. The van der Waals surface area contributed by atoms with Crippen LogP contribution in [-0.2, 0) is 6.42 Å². The van der Waals surface area contributed by atoms with Crippen LogP contribution in [0.1, 0.15) is 21.5 Å². The van der Waals surface area contributed by atoms with E-state index in [9.17, 15) is 4.79 Å². The van der Waals surface area contributed by atoms with E-state index in [2.05, 4.69) is 47.8 Å². The van der Waals surface area contributed by atoms with Gasteiger partial charge in [-0.1, -0.05) is 31.9 Å². The lowest BCUT2D eigenvalue weighted by Crippen LogP contribution is -2.05. The third-order valence-corrected chi connectivity index (χ3v) is 4.78. The average molecular weight is 461 g/mol. The maximum Gasteiger partial charge on any atom is 0.197 e. The highest BCUT2D eigenvalue weighted by molar-refractivity contribution is 9.11. The molecule has 0 bridgehead atoms. The monoisotopic (exact) mass is 458 g/mol. The minimum atomic E-state index is -0.0381. The molecule has 2 aromatic carbocycles. The van der Waals surface area contributed by atoms with Crippen molar-refractivity contribution in [2.75, 3.05) is 6.61 Å². The fraction of sp³-hybridized carbons (Fsp3) is 0.133. The van der Waals surface area contributed by atoms with Gasteiger partial charge in [-0.15, -0.1) is 0 Å². The van der Waals surface area contributed by atoms with Crippen molar-refractivity contribution in [1.82, 2.24) is 0 Å². The second-order valence-electron chi connectivity index (χ2n) is 4.49. The number of ketones is 1. The predicted molar refractivity (Wildman–Crippen MR) is 88.6 cm³/mol. The standard InChI is InChI=1S/C15H9Br3O2/c16-9-1-2-11(13(18)7-9)14(19)12-6-10(17)5-8-3-4-20-15(8)12/h1-2,5-7H,3-4H2. The van der Waals surface area contributed by atoms with Crippen LogP contribution in [0.25, 0.3) is 0 Å². The van der Waals surface area contributed by atoms with Gasteiger partial charge in [0, 0.05) is 25.4 Å². The topological polar surface area (TPSA) is 26.3 Å². The van der Waals surface area contributed by atoms with Gasteiger partial charge in [0.15, 0.2) is 5.78 Å². The van der Waals surface area contributed by atoms with E-state index in [-0.39, 0.29) is 5.78 Å². The minimum absolute atomic E-state index is 0.0381. The van der Waals surface area contributed by atoms with Crippen LogP contribution in [-0.4, -0.2) is 12.4 Å². The summed E-state index contributed by atoms with van der Waals surface area (Å²) in [7, 11) is 0. The fourth-order valence-corrected chi connectivity index (χ4v) is 3.99. The molecule has 0 spiro atoms. The van der Waals surface area contributed by atoms with Gasteiger partial charge in [-0.2, -0.15) is 0 Å². The summed E-state index contributed by atoms with van der Waals surface area (Å²) in [5.74, 6) is 0.678. The molecule has 0 atom stereocenters. The minimum Gasteiger partial charge on any atom is -0.492 e. The number of fused-ring (bicyclic) bond motifs is 1. The SMILES string of the molecule is O=C(c1ccc(Br)cc1Br)c1cc(Br)cc2c1OCC2. The van der Waals surface area contributed by atoms with Crippen molar-refractivity contribution in [2.45, 2.75) is 6.42 Å². The lowest BCUT2D eigenvalue weighted by Gasteiger charge is -2.09. The molecular weight excluding hydrogens is 452 g/mol. The van der Waals surface area contributed by atoms with Crippen LogP contribution < -0.4 is 4.74 Å². The number of halogens is 3.